The van der Waals surface area contributed by atoms with E-state index in [0.29, 0.717) is 12.6 Å². The number of halogens is 3. The second-order valence-electron chi connectivity index (χ2n) is 6.46. The first kappa shape index (κ1) is 17.0. The molecule has 124 valence electrons. The van der Waals surface area contributed by atoms with Gasteiger partial charge in [0.05, 0.1) is 6.54 Å². The van der Waals surface area contributed by atoms with Crippen LogP contribution in [0.1, 0.15) is 39.0 Å². The summed E-state index contributed by atoms with van der Waals surface area (Å²) >= 11 is 0. The van der Waals surface area contributed by atoms with E-state index in [2.05, 4.69) is 15.1 Å². The zero-order valence-electron chi connectivity index (χ0n) is 13.0. The number of hydrogen-bond donors (Lipinski definition) is 1. The van der Waals surface area contributed by atoms with Gasteiger partial charge < -0.3 is 10.2 Å². The molecule has 1 atom stereocenters. The zero-order valence-corrected chi connectivity index (χ0v) is 13.0. The summed E-state index contributed by atoms with van der Waals surface area (Å²) in [6.07, 6.45) is 2.20. The number of nitrogens with zero attached hydrogens (tertiary/aromatic N) is 2. The summed E-state index contributed by atoms with van der Waals surface area (Å²) in [5, 5.41) is 2.52. The number of nitrogens with one attached hydrogen (secondary N) is 1. The predicted molar refractivity (Wildman–Crippen MR) is 78.4 cm³/mol. The minimum Gasteiger partial charge on any atom is -0.307 e. The number of alkyl halides is 3. The van der Waals surface area contributed by atoms with Crippen molar-refractivity contribution >= 4 is 0 Å². The van der Waals surface area contributed by atoms with Gasteiger partial charge in [0.2, 0.25) is 0 Å². The van der Waals surface area contributed by atoms with E-state index in [1.54, 1.807) is 0 Å². The van der Waals surface area contributed by atoms with Crippen LogP contribution in [0.5, 0.6) is 0 Å². The first-order valence-electron chi connectivity index (χ1n) is 8.21. The van der Waals surface area contributed by atoms with Crippen molar-refractivity contribution in [2.45, 2.75) is 57.3 Å². The highest BCUT2D eigenvalue weighted by Crippen LogP contribution is 2.21. The van der Waals surface area contributed by atoms with Crippen LogP contribution in [0.25, 0.3) is 0 Å². The molecule has 0 saturated carbocycles. The molecule has 0 aromatic heterocycles. The fraction of sp³-hybridized carbons (Fsp3) is 1.00. The Labute approximate surface area is 125 Å². The van der Waals surface area contributed by atoms with Gasteiger partial charge in [0.1, 0.15) is 0 Å². The predicted octanol–water partition coefficient (Wildman–Crippen LogP) is 2.48. The van der Waals surface area contributed by atoms with Gasteiger partial charge in [-0.25, -0.2) is 0 Å². The summed E-state index contributed by atoms with van der Waals surface area (Å²) in [7, 11) is 0. The Kier molecular flexibility index (Phi) is 6.32. The summed E-state index contributed by atoms with van der Waals surface area (Å²) in [5.74, 6) is 0. The minimum atomic E-state index is -4.11. The molecule has 1 N–H and O–H groups in total. The third-order valence-electron chi connectivity index (χ3n) is 4.79. The van der Waals surface area contributed by atoms with E-state index in [4.69, 9.17) is 0 Å². The molecular formula is C15H28F3N3. The lowest BCUT2D eigenvalue weighted by molar-refractivity contribution is -0.125. The number of rotatable bonds is 5. The van der Waals surface area contributed by atoms with Crippen molar-refractivity contribution in [3.05, 3.63) is 0 Å². The van der Waals surface area contributed by atoms with E-state index < -0.39 is 12.7 Å². The summed E-state index contributed by atoms with van der Waals surface area (Å²) < 4.78 is 36.4. The van der Waals surface area contributed by atoms with E-state index in [-0.39, 0.29) is 6.04 Å². The van der Waals surface area contributed by atoms with Crippen LogP contribution in [0.4, 0.5) is 13.2 Å². The Morgan fingerprint density at radius 2 is 1.67 bits per heavy atom. The molecule has 21 heavy (non-hydrogen) atoms. The van der Waals surface area contributed by atoms with Crippen LogP contribution < -0.4 is 5.32 Å². The Hall–Kier alpha value is -0.330. The summed E-state index contributed by atoms with van der Waals surface area (Å²) in [5.41, 5.74) is 0. The van der Waals surface area contributed by atoms with Gasteiger partial charge in [-0.2, -0.15) is 13.2 Å². The van der Waals surface area contributed by atoms with Crippen molar-refractivity contribution in [3.8, 4) is 0 Å². The highest BCUT2D eigenvalue weighted by atomic mass is 19.4. The Morgan fingerprint density at radius 1 is 1.05 bits per heavy atom. The topological polar surface area (TPSA) is 18.5 Å². The van der Waals surface area contributed by atoms with Crippen LogP contribution in [-0.4, -0.2) is 67.3 Å². The quantitative estimate of drug-likeness (QED) is 0.842. The van der Waals surface area contributed by atoms with Gasteiger partial charge >= 0.3 is 6.18 Å². The molecule has 0 spiro atoms. The average Bonchev–Trinajstić information content (AvgIpc) is 2.47. The second kappa shape index (κ2) is 7.79. The molecule has 2 saturated heterocycles. The SMILES string of the molecule is CC(CNCC(F)(F)F)N1CCC(N2CCCCC2)CC1. The van der Waals surface area contributed by atoms with Gasteiger partial charge in [-0.3, -0.25) is 4.90 Å². The number of likely N-dealkylation sites (tertiary alicyclic amines) is 2. The third-order valence-corrected chi connectivity index (χ3v) is 4.79. The van der Waals surface area contributed by atoms with Crippen LogP contribution in [0.15, 0.2) is 0 Å². The second-order valence-corrected chi connectivity index (χ2v) is 6.46. The molecule has 0 aromatic carbocycles. The molecule has 3 nitrogen and oxygen atoms in total. The molecule has 2 aliphatic heterocycles. The number of hydrogen-bond acceptors (Lipinski definition) is 3. The first-order chi connectivity index (χ1) is 9.96. The summed E-state index contributed by atoms with van der Waals surface area (Å²) in [6, 6.07) is 0.867. The largest absolute Gasteiger partial charge is 0.401 e. The van der Waals surface area contributed by atoms with E-state index in [1.165, 1.54) is 32.4 Å². The highest BCUT2D eigenvalue weighted by Gasteiger charge is 2.29. The van der Waals surface area contributed by atoms with Crippen LogP contribution in [0.3, 0.4) is 0 Å². The first-order valence-corrected chi connectivity index (χ1v) is 8.21. The molecular weight excluding hydrogens is 279 g/mol. The van der Waals surface area contributed by atoms with E-state index in [0.717, 1.165) is 25.9 Å². The van der Waals surface area contributed by atoms with Crippen molar-refractivity contribution in [1.82, 2.24) is 15.1 Å². The zero-order chi connectivity index (χ0) is 15.3. The molecule has 0 aromatic rings. The molecule has 6 heteroatoms. The Morgan fingerprint density at radius 3 is 2.24 bits per heavy atom. The van der Waals surface area contributed by atoms with E-state index >= 15 is 0 Å². The van der Waals surface area contributed by atoms with Gasteiger partial charge in [-0.1, -0.05) is 6.42 Å². The Balaban J connectivity index is 1.65. The third kappa shape index (κ3) is 5.75. The van der Waals surface area contributed by atoms with Crippen molar-refractivity contribution in [2.75, 3.05) is 39.3 Å². The van der Waals surface area contributed by atoms with Crippen molar-refractivity contribution < 1.29 is 13.2 Å². The van der Waals surface area contributed by atoms with Crippen molar-refractivity contribution in [2.24, 2.45) is 0 Å². The van der Waals surface area contributed by atoms with Gasteiger partial charge in [-0.05, 0) is 58.8 Å². The molecule has 2 aliphatic rings. The average molecular weight is 307 g/mol. The molecule has 2 heterocycles. The molecule has 2 rings (SSSR count). The van der Waals surface area contributed by atoms with Gasteiger partial charge in [-0.15, -0.1) is 0 Å². The molecule has 0 bridgehead atoms. The van der Waals surface area contributed by atoms with Crippen molar-refractivity contribution in [1.29, 1.82) is 0 Å². The lowest BCUT2D eigenvalue weighted by Gasteiger charge is -2.42. The lowest BCUT2D eigenvalue weighted by atomic mass is 9.99. The van der Waals surface area contributed by atoms with E-state index in [1.807, 2.05) is 6.92 Å². The molecule has 0 radical (unpaired) electrons. The smallest absolute Gasteiger partial charge is 0.307 e. The monoisotopic (exact) mass is 307 g/mol. The van der Waals surface area contributed by atoms with Crippen LogP contribution in [0.2, 0.25) is 0 Å². The maximum absolute atomic E-state index is 12.1. The molecule has 1 unspecified atom stereocenters. The van der Waals surface area contributed by atoms with Gasteiger partial charge in [0.15, 0.2) is 0 Å². The lowest BCUT2D eigenvalue weighted by Crippen LogP contribution is -2.51. The van der Waals surface area contributed by atoms with Crippen LogP contribution in [0, 0.1) is 0 Å². The van der Waals surface area contributed by atoms with Gasteiger partial charge in [0.25, 0.3) is 0 Å². The standard InChI is InChI=1S/C15H28F3N3/c1-13(11-19-12-15(16,17)18)20-9-5-14(6-10-20)21-7-3-2-4-8-21/h13-14,19H,2-12H2,1H3. The maximum atomic E-state index is 12.1. The van der Waals surface area contributed by atoms with Gasteiger partial charge in [0, 0.05) is 18.6 Å². The summed E-state index contributed by atoms with van der Waals surface area (Å²) in [6.45, 7) is 6.02. The van der Waals surface area contributed by atoms with Crippen LogP contribution in [-0.2, 0) is 0 Å². The number of piperidine rings is 2. The van der Waals surface area contributed by atoms with Crippen molar-refractivity contribution in [3.63, 3.8) is 0 Å². The fourth-order valence-corrected chi connectivity index (χ4v) is 3.53. The molecule has 0 amide bonds. The summed E-state index contributed by atoms with van der Waals surface area (Å²) in [4.78, 5) is 4.94. The Bertz CT molecular complexity index is 295. The highest BCUT2D eigenvalue weighted by molar-refractivity contribution is 4.84. The maximum Gasteiger partial charge on any atom is 0.401 e. The normalized spacial score (nSPS) is 25.1. The van der Waals surface area contributed by atoms with E-state index in [9.17, 15) is 13.2 Å². The fourth-order valence-electron chi connectivity index (χ4n) is 3.53. The molecule has 0 aliphatic carbocycles. The molecule has 2 fully saturated rings. The van der Waals surface area contributed by atoms with Crippen LogP contribution >= 0.6 is 0 Å². The minimum absolute atomic E-state index is 0.176.